The van der Waals surface area contributed by atoms with Gasteiger partial charge in [0, 0.05) is 44.5 Å². The minimum Gasteiger partial charge on any atom is -0.375 e. The van der Waals surface area contributed by atoms with Crippen LogP contribution in [-0.4, -0.2) is 47.7 Å². The molecule has 1 spiro atoms. The predicted molar refractivity (Wildman–Crippen MR) is 160 cm³/mol. The van der Waals surface area contributed by atoms with Gasteiger partial charge in [-0.25, -0.2) is 23.3 Å². The Kier molecular flexibility index (Phi) is 8.26. The van der Waals surface area contributed by atoms with Crippen molar-refractivity contribution in [1.82, 2.24) is 40.0 Å². The van der Waals surface area contributed by atoms with Crippen molar-refractivity contribution in [2.75, 3.05) is 6.54 Å². The van der Waals surface area contributed by atoms with E-state index in [-0.39, 0.29) is 36.1 Å². The molecule has 0 bridgehead atoms. The van der Waals surface area contributed by atoms with Crippen molar-refractivity contribution in [3.8, 4) is 0 Å². The van der Waals surface area contributed by atoms with Gasteiger partial charge in [-0.1, -0.05) is 25.8 Å². The van der Waals surface area contributed by atoms with E-state index in [9.17, 15) is 13.6 Å². The van der Waals surface area contributed by atoms with E-state index in [0.717, 1.165) is 86.5 Å². The summed E-state index contributed by atoms with van der Waals surface area (Å²) in [6.07, 6.45) is 14.3. The van der Waals surface area contributed by atoms with E-state index in [4.69, 9.17) is 15.1 Å². The number of hydrogen-bond donors (Lipinski definition) is 2. The summed E-state index contributed by atoms with van der Waals surface area (Å²) in [5.74, 6) is -1.04. The Morgan fingerprint density at radius 3 is 2.56 bits per heavy atom. The summed E-state index contributed by atoms with van der Waals surface area (Å²) in [6, 6.07) is 1.79. The zero-order valence-electron chi connectivity index (χ0n) is 25.4. The number of carbonyl (C=O) groups excluding carboxylic acids is 1. The molecular weight excluding hydrogens is 550 g/mol. The Morgan fingerprint density at radius 2 is 1.93 bits per heavy atom. The average Bonchev–Trinajstić information content (AvgIpc) is 3.61. The number of halogens is 2. The van der Waals surface area contributed by atoms with Crippen molar-refractivity contribution in [2.45, 2.75) is 115 Å². The number of rotatable bonds is 7. The standard InChI is InChI=1S/C27H35F2N7.C5H9NO/c1-4-35-22(10-11-30-35)17(2)31-24(20-12-26(13-20)15-27(28,29)16-26)21-14-36-25(32-21)33-23(18(3)34-36)19-8-6-5-7-9-19;7-5-3-1-2-4-6-5/h10-11,14,19-20,24,31H,2,4-9,12-13,15-16H2,1,3H3;1-4H2,(H,6,7). The number of carbonyl (C=O) groups is 1. The molecule has 1 amide bonds. The maximum Gasteiger partial charge on any atom is 0.251 e. The van der Waals surface area contributed by atoms with Crippen LogP contribution in [0.4, 0.5) is 8.78 Å². The van der Waals surface area contributed by atoms with E-state index in [2.05, 4.69) is 22.3 Å². The highest BCUT2D eigenvalue weighted by molar-refractivity contribution is 5.76. The van der Waals surface area contributed by atoms with Crippen molar-refractivity contribution in [3.05, 3.63) is 47.8 Å². The first kappa shape index (κ1) is 29.7. The maximum absolute atomic E-state index is 13.7. The molecule has 4 fully saturated rings. The van der Waals surface area contributed by atoms with Crippen molar-refractivity contribution in [3.63, 3.8) is 0 Å². The van der Waals surface area contributed by atoms with E-state index < -0.39 is 5.92 Å². The fourth-order valence-electron chi connectivity index (χ4n) is 7.73. The number of nitrogens with zero attached hydrogens (tertiary/aromatic N) is 6. The highest BCUT2D eigenvalue weighted by Crippen LogP contribution is 2.66. The zero-order valence-corrected chi connectivity index (χ0v) is 25.4. The molecule has 1 atom stereocenters. The molecule has 3 aromatic heterocycles. The first-order valence-electron chi connectivity index (χ1n) is 16.0. The molecule has 1 unspecified atom stereocenters. The second-order valence-electron chi connectivity index (χ2n) is 13.1. The van der Waals surface area contributed by atoms with Gasteiger partial charge in [0.2, 0.25) is 11.8 Å². The summed E-state index contributed by atoms with van der Waals surface area (Å²) in [4.78, 5) is 20.2. The molecule has 0 radical (unpaired) electrons. The molecule has 3 saturated carbocycles. The van der Waals surface area contributed by atoms with Crippen LogP contribution in [-0.2, 0) is 11.3 Å². The van der Waals surface area contributed by atoms with Crippen LogP contribution >= 0.6 is 0 Å². The third kappa shape index (κ3) is 6.31. The van der Waals surface area contributed by atoms with Crippen LogP contribution in [0, 0.1) is 18.3 Å². The first-order valence-corrected chi connectivity index (χ1v) is 16.0. The number of piperidine rings is 1. The van der Waals surface area contributed by atoms with Crippen molar-refractivity contribution in [1.29, 1.82) is 0 Å². The third-order valence-electron chi connectivity index (χ3n) is 9.78. The zero-order chi connectivity index (χ0) is 30.2. The van der Waals surface area contributed by atoms with Crippen molar-refractivity contribution < 1.29 is 13.6 Å². The van der Waals surface area contributed by atoms with Gasteiger partial charge in [-0.3, -0.25) is 9.48 Å². The molecule has 3 aliphatic carbocycles. The molecule has 9 nitrogen and oxygen atoms in total. The van der Waals surface area contributed by atoms with Crippen LogP contribution in [0.3, 0.4) is 0 Å². The lowest BCUT2D eigenvalue weighted by Gasteiger charge is -2.58. The van der Waals surface area contributed by atoms with Crippen LogP contribution in [0.2, 0.25) is 0 Å². The van der Waals surface area contributed by atoms with E-state index >= 15 is 0 Å². The smallest absolute Gasteiger partial charge is 0.251 e. The number of amides is 1. The van der Waals surface area contributed by atoms with Crippen LogP contribution in [0.5, 0.6) is 0 Å². The van der Waals surface area contributed by atoms with Gasteiger partial charge >= 0.3 is 0 Å². The highest BCUT2D eigenvalue weighted by atomic mass is 19.3. The van der Waals surface area contributed by atoms with Gasteiger partial charge < -0.3 is 10.6 Å². The minimum atomic E-state index is -2.50. The van der Waals surface area contributed by atoms with E-state index in [1.165, 1.54) is 19.3 Å². The van der Waals surface area contributed by atoms with Crippen LogP contribution in [0.1, 0.15) is 119 Å². The van der Waals surface area contributed by atoms with Crippen LogP contribution in [0.25, 0.3) is 11.5 Å². The molecule has 1 saturated heterocycles. The summed E-state index contributed by atoms with van der Waals surface area (Å²) in [5.41, 5.74) is 4.32. The summed E-state index contributed by atoms with van der Waals surface area (Å²) in [5, 5.41) is 15.5. The Balaban J connectivity index is 0.000000415. The van der Waals surface area contributed by atoms with E-state index in [1.807, 2.05) is 30.8 Å². The summed E-state index contributed by atoms with van der Waals surface area (Å²) in [7, 11) is 0. The monoisotopic (exact) mass is 594 g/mol. The molecule has 0 aromatic carbocycles. The fraction of sp³-hybridized carbons (Fsp3) is 0.656. The molecule has 43 heavy (non-hydrogen) atoms. The predicted octanol–water partition coefficient (Wildman–Crippen LogP) is 6.11. The topological polar surface area (TPSA) is 102 Å². The Labute approximate surface area is 251 Å². The molecule has 11 heteroatoms. The quantitative estimate of drug-likeness (QED) is 0.342. The second kappa shape index (κ2) is 12.0. The Morgan fingerprint density at radius 1 is 1.16 bits per heavy atom. The Hall–Kier alpha value is -3.37. The molecule has 232 valence electrons. The SMILES string of the molecule is C=C(NC(c1cn2nc(C)c(C3CCCCC3)nc2n1)C1CC2(C1)CC(F)(F)C2)c1ccnn1CC.O=C1CCCCN1. The van der Waals surface area contributed by atoms with Crippen molar-refractivity contribution >= 4 is 17.4 Å². The summed E-state index contributed by atoms with van der Waals surface area (Å²) >= 11 is 0. The molecule has 2 N–H and O–H groups in total. The summed E-state index contributed by atoms with van der Waals surface area (Å²) < 4.78 is 31.0. The van der Waals surface area contributed by atoms with E-state index in [0.29, 0.717) is 11.7 Å². The van der Waals surface area contributed by atoms with Gasteiger partial charge in [-0.2, -0.15) is 10.2 Å². The number of aryl methyl sites for hydroxylation is 2. The average molecular weight is 595 g/mol. The lowest BCUT2D eigenvalue weighted by atomic mass is 9.49. The number of fused-ring (bicyclic) bond motifs is 1. The first-order chi connectivity index (χ1) is 20.7. The van der Waals surface area contributed by atoms with Gasteiger partial charge in [0.25, 0.3) is 5.78 Å². The van der Waals surface area contributed by atoms with Crippen LogP contribution < -0.4 is 10.6 Å². The highest BCUT2D eigenvalue weighted by Gasteiger charge is 2.63. The van der Waals surface area contributed by atoms with Crippen LogP contribution in [0.15, 0.2) is 25.0 Å². The Bertz CT molecular complexity index is 1450. The van der Waals surface area contributed by atoms with Gasteiger partial charge in [0.05, 0.1) is 40.7 Å². The van der Waals surface area contributed by atoms with Gasteiger partial charge in [0.1, 0.15) is 0 Å². The van der Waals surface area contributed by atoms with E-state index in [1.54, 1.807) is 10.7 Å². The number of imidazole rings is 1. The molecular formula is C32H44F2N8O. The molecule has 4 heterocycles. The lowest BCUT2D eigenvalue weighted by molar-refractivity contribution is -0.210. The molecule has 7 rings (SSSR count). The largest absolute Gasteiger partial charge is 0.375 e. The molecule has 1 aliphatic heterocycles. The second-order valence-corrected chi connectivity index (χ2v) is 13.1. The third-order valence-corrected chi connectivity index (χ3v) is 9.78. The number of alkyl halides is 2. The van der Waals surface area contributed by atoms with Gasteiger partial charge in [-0.05, 0) is 69.8 Å². The van der Waals surface area contributed by atoms with Crippen molar-refractivity contribution in [2.24, 2.45) is 11.3 Å². The fourth-order valence-corrected chi connectivity index (χ4v) is 7.73. The van der Waals surface area contributed by atoms with Gasteiger partial charge in [-0.15, -0.1) is 0 Å². The maximum atomic E-state index is 13.7. The number of aromatic nitrogens is 6. The van der Waals surface area contributed by atoms with Gasteiger partial charge in [0.15, 0.2) is 0 Å². The molecule has 3 aromatic rings. The lowest BCUT2D eigenvalue weighted by Crippen LogP contribution is -2.55. The minimum absolute atomic E-state index is 0.00495. The molecule has 4 aliphatic rings. The summed E-state index contributed by atoms with van der Waals surface area (Å²) in [6.45, 7) is 9.99. The number of hydrogen-bond acceptors (Lipinski definition) is 6. The number of nitrogens with one attached hydrogen (secondary N) is 2. The normalized spacial score (nSPS) is 22.2.